The molecule has 0 fully saturated rings. The molecule has 1 aliphatic heterocycles. The molecule has 4 heteroatoms. The number of para-hydroxylation sites is 1. The molecule has 0 aliphatic carbocycles. The number of thioether (sulfide) groups is 1. The molecular weight excluding hydrogens is 256 g/mol. The van der Waals surface area contributed by atoms with E-state index in [1.807, 2.05) is 44.3 Å². The molecule has 96 valence electrons. The van der Waals surface area contributed by atoms with Crippen LogP contribution in [0.5, 0.6) is 0 Å². The van der Waals surface area contributed by atoms with E-state index in [0.717, 1.165) is 27.1 Å². The Morgan fingerprint density at radius 1 is 1.26 bits per heavy atom. The number of carbonyl (C=O) groups excluding carboxylic acids is 1. The number of rotatable bonds is 1. The van der Waals surface area contributed by atoms with Gasteiger partial charge in [0.15, 0.2) is 0 Å². The van der Waals surface area contributed by atoms with E-state index >= 15 is 0 Å². The molecule has 1 aromatic heterocycles. The number of pyridine rings is 1. The van der Waals surface area contributed by atoms with Crippen molar-refractivity contribution in [3.8, 4) is 0 Å². The van der Waals surface area contributed by atoms with Gasteiger partial charge in [-0.1, -0.05) is 18.2 Å². The fourth-order valence-corrected chi connectivity index (χ4v) is 3.27. The van der Waals surface area contributed by atoms with Crippen molar-refractivity contribution in [1.82, 2.24) is 10.3 Å². The molecule has 2 heterocycles. The number of nitrogens with one attached hydrogen (secondary N) is 1. The predicted molar refractivity (Wildman–Crippen MR) is 79.5 cm³/mol. The van der Waals surface area contributed by atoms with Crippen LogP contribution >= 0.6 is 11.8 Å². The maximum Gasteiger partial charge on any atom is 0.237 e. The highest BCUT2D eigenvalue weighted by Crippen LogP contribution is 2.38. The first kappa shape index (κ1) is 12.2. The van der Waals surface area contributed by atoms with Gasteiger partial charge < -0.3 is 5.32 Å². The SMILES string of the molecule is CC1=C(c2ccnc3ccccc23)SC(C)C(=O)N1. The van der Waals surface area contributed by atoms with Crippen LogP contribution < -0.4 is 5.32 Å². The molecule has 3 rings (SSSR count). The highest BCUT2D eigenvalue weighted by Gasteiger charge is 2.24. The second kappa shape index (κ2) is 4.70. The Bertz CT molecular complexity index is 688. The first-order valence-corrected chi connectivity index (χ1v) is 7.07. The zero-order chi connectivity index (χ0) is 13.4. The second-order valence-corrected chi connectivity index (χ2v) is 5.93. The number of aromatic nitrogens is 1. The largest absolute Gasteiger partial charge is 0.328 e. The fourth-order valence-electron chi connectivity index (χ4n) is 2.22. The lowest BCUT2D eigenvalue weighted by molar-refractivity contribution is -0.119. The number of benzene rings is 1. The number of allylic oxidation sites excluding steroid dienone is 1. The van der Waals surface area contributed by atoms with Crippen molar-refractivity contribution < 1.29 is 4.79 Å². The van der Waals surface area contributed by atoms with Crippen LogP contribution in [0.2, 0.25) is 0 Å². The number of fused-ring (bicyclic) bond motifs is 1. The third kappa shape index (κ3) is 2.12. The predicted octanol–water partition coefficient (Wildman–Crippen LogP) is 3.17. The minimum Gasteiger partial charge on any atom is -0.328 e. The first-order valence-electron chi connectivity index (χ1n) is 6.19. The van der Waals surface area contributed by atoms with Crippen molar-refractivity contribution in [2.75, 3.05) is 0 Å². The van der Waals surface area contributed by atoms with E-state index < -0.39 is 0 Å². The van der Waals surface area contributed by atoms with Gasteiger partial charge in [-0.05, 0) is 26.0 Å². The average Bonchev–Trinajstić information content (AvgIpc) is 2.42. The van der Waals surface area contributed by atoms with Crippen LogP contribution in [0.1, 0.15) is 19.4 Å². The molecule has 1 unspecified atom stereocenters. The van der Waals surface area contributed by atoms with Crippen molar-refractivity contribution in [2.45, 2.75) is 19.1 Å². The van der Waals surface area contributed by atoms with E-state index in [1.54, 1.807) is 11.8 Å². The summed E-state index contributed by atoms with van der Waals surface area (Å²) >= 11 is 1.61. The van der Waals surface area contributed by atoms with Crippen LogP contribution in [0.15, 0.2) is 42.2 Å². The molecule has 1 aliphatic rings. The lowest BCUT2D eigenvalue weighted by atomic mass is 10.1. The van der Waals surface area contributed by atoms with Crippen LogP contribution in [-0.2, 0) is 4.79 Å². The fraction of sp³-hybridized carbons (Fsp3) is 0.200. The molecule has 0 bridgehead atoms. The Kier molecular flexibility index (Phi) is 3.03. The minimum absolute atomic E-state index is 0.0642. The van der Waals surface area contributed by atoms with Crippen LogP contribution in [0.3, 0.4) is 0 Å². The summed E-state index contributed by atoms with van der Waals surface area (Å²) in [5.41, 5.74) is 3.04. The highest BCUT2D eigenvalue weighted by atomic mass is 32.2. The Hall–Kier alpha value is -1.81. The zero-order valence-electron chi connectivity index (χ0n) is 10.8. The van der Waals surface area contributed by atoms with E-state index in [-0.39, 0.29) is 11.2 Å². The summed E-state index contributed by atoms with van der Waals surface area (Å²) in [6.07, 6.45) is 1.82. The number of hydrogen-bond acceptors (Lipinski definition) is 3. The van der Waals surface area contributed by atoms with E-state index in [9.17, 15) is 4.79 Å². The van der Waals surface area contributed by atoms with Gasteiger partial charge >= 0.3 is 0 Å². The molecule has 0 saturated heterocycles. The average molecular weight is 270 g/mol. The van der Waals surface area contributed by atoms with Gasteiger partial charge in [-0.25, -0.2) is 0 Å². The smallest absolute Gasteiger partial charge is 0.237 e. The zero-order valence-corrected chi connectivity index (χ0v) is 11.6. The molecule has 0 spiro atoms. The molecule has 0 saturated carbocycles. The maximum atomic E-state index is 11.7. The summed E-state index contributed by atoms with van der Waals surface area (Å²) < 4.78 is 0. The molecule has 1 N–H and O–H groups in total. The van der Waals surface area contributed by atoms with Gasteiger partial charge in [-0.2, -0.15) is 0 Å². The van der Waals surface area contributed by atoms with E-state index in [1.165, 1.54) is 0 Å². The van der Waals surface area contributed by atoms with Gasteiger partial charge in [0.25, 0.3) is 0 Å². The quantitative estimate of drug-likeness (QED) is 0.865. The summed E-state index contributed by atoms with van der Waals surface area (Å²) in [5, 5.41) is 4.00. The Morgan fingerprint density at radius 2 is 2.05 bits per heavy atom. The van der Waals surface area contributed by atoms with Crippen molar-refractivity contribution in [3.05, 3.63) is 47.8 Å². The number of carbonyl (C=O) groups is 1. The standard InChI is InChI=1S/C15H14N2OS/c1-9-14(19-10(2)15(18)17-9)12-7-8-16-13-6-4-3-5-11(12)13/h3-8,10H,1-2H3,(H,17,18). The summed E-state index contributed by atoms with van der Waals surface area (Å²) in [6, 6.07) is 10.1. The maximum absolute atomic E-state index is 11.7. The molecule has 1 atom stereocenters. The van der Waals surface area contributed by atoms with E-state index in [0.29, 0.717) is 0 Å². The normalized spacial score (nSPS) is 19.7. The Morgan fingerprint density at radius 3 is 2.89 bits per heavy atom. The lowest BCUT2D eigenvalue weighted by Gasteiger charge is -2.23. The Labute approximate surface area is 116 Å². The van der Waals surface area contributed by atoms with Gasteiger partial charge in [0, 0.05) is 27.7 Å². The number of amides is 1. The summed E-state index contributed by atoms with van der Waals surface area (Å²) in [7, 11) is 0. The second-order valence-electron chi connectivity index (χ2n) is 4.58. The number of nitrogens with zero attached hydrogens (tertiary/aromatic N) is 1. The lowest BCUT2D eigenvalue weighted by Crippen LogP contribution is -2.33. The van der Waals surface area contributed by atoms with Crippen LogP contribution in [0, 0.1) is 0 Å². The van der Waals surface area contributed by atoms with Crippen LogP contribution in [0.25, 0.3) is 15.8 Å². The third-order valence-electron chi connectivity index (χ3n) is 3.21. The Balaban J connectivity index is 2.19. The molecule has 0 radical (unpaired) electrons. The van der Waals surface area contributed by atoms with Gasteiger partial charge in [0.1, 0.15) is 0 Å². The molecule has 2 aromatic rings. The summed E-state index contributed by atoms with van der Waals surface area (Å²) in [4.78, 5) is 17.2. The molecule has 1 amide bonds. The van der Waals surface area contributed by atoms with Crippen LogP contribution in [0.4, 0.5) is 0 Å². The van der Waals surface area contributed by atoms with Gasteiger partial charge in [0.05, 0.1) is 10.8 Å². The first-order chi connectivity index (χ1) is 9.16. The van der Waals surface area contributed by atoms with Gasteiger partial charge in [0.2, 0.25) is 5.91 Å². The highest BCUT2D eigenvalue weighted by molar-refractivity contribution is 8.09. The van der Waals surface area contributed by atoms with Crippen molar-refractivity contribution >= 4 is 33.5 Å². The number of hydrogen-bond donors (Lipinski definition) is 1. The molecule has 1 aromatic carbocycles. The van der Waals surface area contributed by atoms with E-state index in [2.05, 4.69) is 16.4 Å². The minimum atomic E-state index is -0.0642. The van der Waals surface area contributed by atoms with E-state index in [4.69, 9.17) is 0 Å². The van der Waals surface area contributed by atoms with Gasteiger partial charge in [-0.15, -0.1) is 11.8 Å². The molecule has 3 nitrogen and oxygen atoms in total. The summed E-state index contributed by atoms with van der Waals surface area (Å²) in [6.45, 7) is 3.87. The molecule has 19 heavy (non-hydrogen) atoms. The summed E-state index contributed by atoms with van der Waals surface area (Å²) in [5.74, 6) is 0.0737. The topological polar surface area (TPSA) is 42.0 Å². The van der Waals surface area contributed by atoms with Gasteiger partial charge in [-0.3, -0.25) is 9.78 Å². The monoisotopic (exact) mass is 270 g/mol. The van der Waals surface area contributed by atoms with Crippen LogP contribution in [-0.4, -0.2) is 16.1 Å². The van der Waals surface area contributed by atoms with Crippen molar-refractivity contribution in [1.29, 1.82) is 0 Å². The van der Waals surface area contributed by atoms with Crippen molar-refractivity contribution in [3.63, 3.8) is 0 Å². The third-order valence-corrected chi connectivity index (χ3v) is 4.54. The van der Waals surface area contributed by atoms with Crippen molar-refractivity contribution in [2.24, 2.45) is 0 Å². The molecular formula is C15H14N2OS.